The lowest BCUT2D eigenvalue weighted by molar-refractivity contribution is -0.140. The molecule has 1 aromatic heterocycles. The van der Waals surface area contributed by atoms with Crippen LogP contribution in [0.25, 0.3) is 0 Å². The summed E-state index contributed by atoms with van der Waals surface area (Å²) in [6.07, 6.45) is 3.65. The summed E-state index contributed by atoms with van der Waals surface area (Å²) in [4.78, 5) is 26.0. The Kier molecular flexibility index (Phi) is 4.80. The number of aryl methyl sites for hydroxylation is 1. The monoisotopic (exact) mass is 430 g/mol. The number of fused-ring (bicyclic) bond motifs is 1. The van der Waals surface area contributed by atoms with Gasteiger partial charge in [0.2, 0.25) is 11.8 Å². The van der Waals surface area contributed by atoms with Crippen LogP contribution in [0.2, 0.25) is 0 Å². The first-order valence-electron chi connectivity index (χ1n) is 10.5. The van der Waals surface area contributed by atoms with E-state index in [4.69, 9.17) is 9.47 Å². The molecule has 1 spiro atoms. The molecular formula is C22H24F2N4O3. The fourth-order valence-electron chi connectivity index (χ4n) is 4.98. The van der Waals surface area contributed by atoms with E-state index in [1.807, 2.05) is 11.8 Å². The number of methoxy groups -OCH3 is 1. The number of anilines is 1. The minimum absolute atomic E-state index is 0.0910. The second kappa shape index (κ2) is 7.40. The number of nitrogens with zero attached hydrogens (tertiary/aromatic N) is 4. The van der Waals surface area contributed by atoms with Gasteiger partial charge in [-0.15, -0.1) is 0 Å². The Morgan fingerprint density at radius 3 is 2.55 bits per heavy atom. The SMILES string of the molecule is COc1nc(N2CCC3(CC2)OC2CCC(c4cc(F)cc(F)c4)N2C3=O)ncc1C. The van der Waals surface area contributed by atoms with Crippen molar-refractivity contribution in [2.45, 2.75) is 50.5 Å². The Labute approximate surface area is 179 Å². The van der Waals surface area contributed by atoms with E-state index in [-0.39, 0.29) is 18.2 Å². The number of benzene rings is 1. The summed E-state index contributed by atoms with van der Waals surface area (Å²) in [5, 5.41) is 0. The molecular weight excluding hydrogens is 406 g/mol. The summed E-state index contributed by atoms with van der Waals surface area (Å²) >= 11 is 0. The normalized spacial score (nSPS) is 24.7. The van der Waals surface area contributed by atoms with Crippen molar-refractivity contribution in [3.8, 4) is 5.88 Å². The highest BCUT2D eigenvalue weighted by Crippen LogP contribution is 2.48. The van der Waals surface area contributed by atoms with Gasteiger partial charge in [-0.25, -0.2) is 13.8 Å². The van der Waals surface area contributed by atoms with E-state index in [0.29, 0.717) is 56.2 Å². The maximum atomic E-state index is 13.8. The molecule has 31 heavy (non-hydrogen) atoms. The molecule has 0 saturated carbocycles. The standard InChI is InChI=1S/C22H24F2N4O3/c1-13-12-25-21(26-19(13)30-2)27-7-5-22(6-8-27)20(29)28-17(3-4-18(28)31-22)14-9-15(23)11-16(24)10-14/h9-12,17-18H,3-8H2,1-2H3. The van der Waals surface area contributed by atoms with Crippen molar-refractivity contribution >= 4 is 11.9 Å². The number of halogens is 2. The van der Waals surface area contributed by atoms with Crippen LogP contribution in [0.3, 0.4) is 0 Å². The molecule has 3 aliphatic rings. The van der Waals surface area contributed by atoms with Crippen LogP contribution in [0.5, 0.6) is 5.88 Å². The number of rotatable bonds is 3. The van der Waals surface area contributed by atoms with Gasteiger partial charge in [0, 0.05) is 43.8 Å². The fourth-order valence-corrected chi connectivity index (χ4v) is 4.98. The van der Waals surface area contributed by atoms with E-state index >= 15 is 0 Å². The molecule has 1 aromatic carbocycles. The molecule has 0 radical (unpaired) electrons. The molecule has 9 heteroatoms. The van der Waals surface area contributed by atoms with Gasteiger partial charge >= 0.3 is 0 Å². The quantitative estimate of drug-likeness (QED) is 0.746. The zero-order chi connectivity index (χ0) is 21.8. The first-order valence-corrected chi connectivity index (χ1v) is 10.5. The molecule has 0 N–H and O–H groups in total. The third-order valence-electron chi connectivity index (χ3n) is 6.55. The number of hydrogen-bond acceptors (Lipinski definition) is 6. The third kappa shape index (κ3) is 3.31. The van der Waals surface area contributed by atoms with Crippen LogP contribution in [0.15, 0.2) is 24.4 Å². The van der Waals surface area contributed by atoms with E-state index < -0.39 is 17.2 Å². The summed E-state index contributed by atoms with van der Waals surface area (Å²) in [7, 11) is 1.57. The first kappa shape index (κ1) is 20.1. The molecule has 1 amide bonds. The highest BCUT2D eigenvalue weighted by atomic mass is 19.1. The average molecular weight is 430 g/mol. The predicted molar refractivity (Wildman–Crippen MR) is 108 cm³/mol. The average Bonchev–Trinajstić information content (AvgIpc) is 3.27. The molecule has 7 nitrogen and oxygen atoms in total. The van der Waals surface area contributed by atoms with Gasteiger partial charge < -0.3 is 19.3 Å². The molecule has 2 unspecified atom stereocenters. The van der Waals surface area contributed by atoms with Crippen molar-refractivity contribution in [2.75, 3.05) is 25.1 Å². The Morgan fingerprint density at radius 1 is 1.16 bits per heavy atom. The first-order chi connectivity index (χ1) is 14.9. The van der Waals surface area contributed by atoms with Crippen molar-refractivity contribution in [1.29, 1.82) is 0 Å². The maximum absolute atomic E-state index is 13.8. The van der Waals surface area contributed by atoms with Gasteiger partial charge in [-0.3, -0.25) is 4.79 Å². The fraction of sp³-hybridized carbons (Fsp3) is 0.500. The van der Waals surface area contributed by atoms with Crippen LogP contribution in [0.1, 0.15) is 42.9 Å². The number of ether oxygens (including phenoxy) is 2. The Bertz CT molecular complexity index is 1010. The topological polar surface area (TPSA) is 67.8 Å². The number of carbonyl (C=O) groups excluding carboxylic acids is 1. The van der Waals surface area contributed by atoms with E-state index in [2.05, 4.69) is 9.97 Å². The predicted octanol–water partition coefficient (Wildman–Crippen LogP) is 3.13. The van der Waals surface area contributed by atoms with Gasteiger partial charge in [-0.1, -0.05) is 0 Å². The van der Waals surface area contributed by atoms with E-state index in [9.17, 15) is 13.6 Å². The number of aromatic nitrogens is 2. The van der Waals surface area contributed by atoms with Gasteiger partial charge in [0.05, 0.1) is 13.2 Å². The van der Waals surface area contributed by atoms with Crippen LogP contribution in [0.4, 0.5) is 14.7 Å². The van der Waals surface area contributed by atoms with E-state index in [1.54, 1.807) is 18.2 Å². The van der Waals surface area contributed by atoms with Crippen molar-refractivity contribution in [1.82, 2.24) is 14.9 Å². The number of piperidine rings is 1. The largest absolute Gasteiger partial charge is 0.481 e. The van der Waals surface area contributed by atoms with Crippen LogP contribution in [-0.2, 0) is 9.53 Å². The van der Waals surface area contributed by atoms with Crippen molar-refractivity contribution in [3.63, 3.8) is 0 Å². The molecule has 0 bridgehead atoms. The molecule has 5 rings (SSSR count). The smallest absolute Gasteiger partial charge is 0.257 e. The highest BCUT2D eigenvalue weighted by molar-refractivity contribution is 5.88. The third-order valence-corrected chi connectivity index (χ3v) is 6.55. The number of amides is 1. The molecule has 3 saturated heterocycles. The van der Waals surface area contributed by atoms with Crippen molar-refractivity contribution in [2.24, 2.45) is 0 Å². The Balaban J connectivity index is 1.33. The second-order valence-electron chi connectivity index (χ2n) is 8.42. The van der Waals surface area contributed by atoms with Crippen molar-refractivity contribution in [3.05, 3.63) is 47.2 Å². The number of carbonyl (C=O) groups is 1. The molecule has 164 valence electrons. The van der Waals surface area contributed by atoms with Gasteiger partial charge in [-0.2, -0.15) is 4.98 Å². The van der Waals surface area contributed by atoms with Gasteiger partial charge in [0.15, 0.2) is 5.60 Å². The summed E-state index contributed by atoms with van der Waals surface area (Å²) in [5.41, 5.74) is 0.432. The lowest BCUT2D eigenvalue weighted by Gasteiger charge is -2.37. The zero-order valence-electron chi connectivity index (χ0n) is 17.5. The van der Waals surface area contributed by atoms with Crippen molar-refractivity contribution < 1.29 is 23.0 Å². The Morgan fingerprint density at radius 2 is 1.87 bits per heavy atom. The minimum atomic E-state index is -0.902. The van der Waals surface area contributed by atoms with Crippen LogP contribution in [0, 0.1) is 18.6 Å². The summed E-state index contributed by atoms with van der Waals surface area (Å²) in [5.74, 6) is -0.266. The zero-order valence-corrected chi connectivity index (χ0v) is 17.5. The van der Waals surface area contributed by atoms with Gasteiger partial charge in [-0.05, 0) is 37.5 Å². The summed E-state index contributed by atoms with van der Waals surface area (Å²) in [6, 6.07) is 3.08. The molecule has 0 aliphatic carbocycles. The highest BCUT2D eigenvalue weighted by Gasteiger charge is 2.58. The molecule has 2 aromatic rings. The van der Waals surface area contributed by atoms with Crippen LogP contribution >= 0.6 is 0 Å². The maximum Gasteiger partial charge on any atom is 0.257 e. The van der Waals surface area contributed by atoms with Gasteiger partial charge in [0.1, 0.15) is 17.9 Å². The Hall–Kier alpha value is -2.81. The minimum Gasteiger partial charge on any atom is -0.481 e. The molecule has 3 fully saturated rings. The molecule has 4 heterocycles. The summed E-state index contributed by atoms with van der Waals surface area (Å²) in [6.45, 7) is 3.02. The lowest BCUT2D eigenvalue weighted by atomic mass is 9.89. The molecule has 3 aliphatic heterocycles. The van der Waals surface area contributed by atoms with Gasteiger partial charge in [0.25, 0.3) is 5.91 Å². The van der Waals surface area contributed by atoms with Crippen LogP contribution < -0.4 is 9.64 Å². The number of hydrogen-bond donors (Lipinski definition) is 0. The summed E-state index contributed by atoms with van der Waals surface area (Å²) < 4.78 is 39.1. The van der Waals surface area contributed by atoms with Crippen LogP contribution in [-0.4, -0.2) is 52.8 Å². The molecule has 2 atom stereocenters. The van der Waals surface area contributed by atoms with E-state index in [0.717, 1.165) is 11.6 Å². The van der Waals surface area contributed by atoms with E-state index in [1.165, 1.54) is 12.1 Å². The second-order valence-corrected chi connectivity index (χ2v) is 8.42. The lowest BCUT2D eigenvalue weighted by Crippen LogP contribution is -2.50.